The Balaban J connectivity index is 1.84. The molecule has 0 spiro atoms. The van der Waals surface area contributed by atoms with Crippen LogP contribution in [0.15, 0.2) is 24.3 Å². The van der Waals surface area contributed by atoms with Crippen LogP contribution in [0.2, 0.25) is 0 Å². The summed E-state index contributed by atoms with van der Waals surface area (Å²) in [4.78, 5) is 2.61. The molecule has 0 amide bonds. The highest BCUT2D eigenvalue weighted by atomic mass is 16.5. The van der Waals surface area contributed by atoms with E-state index < -0.39 is 0 Å². The number of piperazine rings is 1. The van der Waals surface area contributed by atoms with Gasteiger partial charge in [-0.25, -0.2) is 0 Å². The molecule has 0 bridgehead atoms. The van der Waals surface area contributed by atoms with Crippen LogP contribution in [0.4, 0.5) is 0 Å². The van der Waals surface area contributed by atoms with Crippen LogP contribution in [0.25, 0.3) is 0 Å². The Labute approximate surface area is 126 Å². The molecule has 4 nitrogen and oxygen atoms in total. The Morgan fingerprint density at radius 1 is 1.14 bits per heavy atom. The summed E-state index contributed by atoms with van der Waals surface area (Å²) in [6, 6.07) is 10.8. The molecule has 3 rings (SSSR count). The number of nitriles is 1. The lowest BCUT2D eigenvalue weighted by Gasteiger charge is -2.41. The number of ether oxygens (including phenoxy) is 1. The van der Waals surface area contributed by atoms with Crippen LogP contribution in [0.5, 0.6) is 0 Å². The summed E-state index contributed by atoms with van der Waals surface area (Å²) in [6.45, 7) is 6.09. The molecule has 0 aromatic heterocycles. The van der Waals surface area contributed by atoms with Crippen molar-refractivity contribution in [1.29, 1.82) is 5.26 Å². The third kappa shape index (κ3) is 3.44. The second kappa shape index (κ2) is 7.04. The maximum atomic E-state index is 8.98. The number of hydrogen-bond acceptors (Lipinski definition) is 4. The second-order valence-corrected chi connectivity index (χ2v) is 5.91. The van der Waals surface area contributed by atoms with E-state index in [2.05, 4.69) is 28.4 Å². The minimum atomic E-state index is 0.462. The van der Waals surface area contributed by atoms with Crippen molar-refractivity contribution in [3.8, 4) is 6.07 Å². The van der Waals surface area contributed by atoms with Crippen LogP contribution in [0.1, 0.15) is 30.0 Å². The molecule has 2 saturated heterocycles. The van der Waals surface area contributed by atoms with Crippen LogP contribution < -0.4 is 5.32 Å². The number of hydrogen-bond donors (Lipinski definition) is 1. The van der Waals surface area contributed by atoms with E-state index in [0.29, 0.717) is 12.0 Å². The number of benzene rings is 1. The smallest absolute Gasteiger partial charge is 0.0991 e. The zero-order valence-corrected chi connectivity index (χ0v) is 12.4. The van der Waals surface area contributed by atoms with E-state index in [1.807, 2.05) is 12.1 Å². The molecule has 1 aromatic rings. The van der Waals surface area contributed by atoms with E-state index in [-0.39, 0.29) is 0 Å². The average molecular weight is 285 g/mol. The van der Waals surface area contributed by atoms with Crippen molar-refractivity contribution in [2.24, 2.45) is 5.92 Å². The second-order valence-electron chi connectivity index (χ2n) is 5.91. The summed E-state index contributed by atoms with van der Waals surface area (Å²) >= 11 is 0. The van der Waals surface area contributed by atoms with Crippen molar-refractivity contribution >= 4 is 0 Å². The van der Waals surface area contributed by atoms with Gasteiger partial charge in [-0.2, -0.15) is 5.26 Å². The van der Waals surface area contributed by atoms with Crippen molar-refractivity contribution in [1.82, 2.24) is 10.2 Å². The third-order valence-corrected chi connectivity index (χ3v) is 4.64. The number of nitrogens with one attached hydrogen (secondary N) is 1. The first-order chi connectivity index (χ1) is 10.4. The van der Waals surface area contributed by atoms with Crippen molar-refractivity contribution in [3.05, 3.63) is 35.4 Å². The molecule has 2 aliphatic heterocycles. The van der Waals surface area contributed by atoms with Crippen LogP contribution in [-0.2, 0) is 4.74 Å². The zero-order valence-electron chi connectivity index (χ0n) is 12.4. The highest BCUT2D eigenvalue weighted by molar-refractivity contribution is 5.33. The van der Waals surface area contributed by atoms with E-state index >= 15 is 0 Å². The molecular formula is C17H23N3O. The van der Waals surface area contributed by atoms with Gasteiger partial charge in [0.15, 0.2) is 0 Å². The molecule has 2 heterocycles. The maximum Gasteiger partial charge on any atom is 0.0991 e. The first kappa shape index (κ1) is 14.5. The van der Waals surface area contributed by atoms with E-state index in [1.54, 1.807) is 0 Å². The van der Waals surface area contributed by atoms with Crippen LogP contribution >= 0.6 is 0 Å². The van der Waals surface area contributed by atoms with Crippen molar-refractivity contribution in [2.75, 3.05) is 39.4 Å². The largest absolute Gasteiger partial charge is 0.381 e. The first-order valence-electron chi connectivity index (χ1n) is 7.91. The van der Waals surface area contributed by atoms with Gasteiger partial charge in [-0.05, 0) is 36.5 Å². The molecule has 2 fully saturated rings. The minimum Gasteiger partial charge on any atom is -0.381 e. The maximum absolute atomic E-state index is 8.98. The summed E-state index contributed by atoms with van der Waals surface area (Å²) in [5.41, 5.74) is 2.09. The van der Waals surface area contributed by atoms with Gasteiger partial charge in [-0.15, -0.1) is 0 Å². The Morgan fingerprint density at radius 3 is 2.43 bits per heavy atom. The molecule has 1 atom stereocenters. The lowest BCUT2D eigenvalue weighted by molar-refractivity contribution is 0.0213. The van der Waals surface area contributed by atoms with Crippen LogP contribution in [-0.4, -0.2) is 44.3 Å². The summed E-state index contributed by atoms with van der Waals surface area (Å²) in [5, 5.41) is 12.4. The quantitative estimate of drug-likeness (QED) is 0.922. The van der Waals surface area contributed by atoms with Crippen molar-refractivity contribution < 1.29 is 4.74 Å². The van der Waals surface area contributed by atoms with Crippen molar-refractivity contribution in [2.45, 2.75) is 18.9 Å². The highest BCUT2D eigenvalue weighted by Gasteiger charge is 2.31. The van der Waals surface area contributed by atoms with Crippen LogP contribution in [0, 0.1) is 17.2 Å². The minimum absolute atomic E-state index is 0.462. The van der Waals surface area contributed by atoms with Crippen LogP contribution in [0.3, 0.4) is 0 Å². The van der Waals surface area contributed by atoms with Gasteiger partial charge in [0, 0.05) is 45.4 Å². The molecule has 0 aliphatic carbocycles. The van der Waals surface area contributed by atoms with E-state index in [9.17, 15) is 0 Å². The highest BCUT2D eigenvalue weighted by Crippen LogP contribution is 2.35. The molecule has 0 saturated carbocycles. The summed E-state index contributed by atoms with van der Waals surface area (Å²) < 4.78 is 5.54. The standard InChI is InChI=1S/C17H23N3O/c18-13-14-1-3-15(4-2-14)17(16-5-11-21-12-6-16)20-9-7-19-8-10-20/h1-4,16-17,19H,5-12H2/t17-/m1/s1. The SMILES string of the molecule is N#Cc1ccc([C@H](C2CCOCC2)N2CCNCC2)cc1. The summed E-state index contributed by atoms with van der Waals surface area (Å²) in [7, 11) is 0. The third-order valence-electron chi connectivity index (χ3n) is 4.64. The Bertz CT molecular complexity index is 464. The Hall–Kier alpha value is -1.41. The van der Waals surface area contributed by atoms with E-state index in [4.69, 9.17) is 10.00 Å². The lowest BCUT2D eigenvalue weighted by Crippen LogP contribution is -2.47. The molecular weight excluding hydrogens is 262 g/mol. The summed E-state index contributed by atoms with van der Waals surface area (Å²) in [5.74, 6) is 0.657. The van der Waals surface area contributed by atoms with Gasteiger partial charge in [-0.1, -0.05) is 12.1 Å². The van der Waals surface area contributed by atoms with E-state index in [0.717, 1.165) is 57.8 Å². The lowest BCUT2D eigenvalue weighted by atomic mass is 9.85. The molecule has 2 aliphatic rings. The topological polar surface area (TPSA) is 48.3 Å². The molecule has 1 N–H and O–H groups in total. The fourth-order valence-corrected chi connectivity index (χ4v) is 3.53. The predicted molar refractivity (Wildman–Crippen MR) is 81.9 cm³/mol. The van der Waals surface area contributed by atoms with Gasteiger partial charge < -0.3 is 10.1 Å². The van der Waals surface area contributed by atoms with Crippen molar-refractivity contribution in [3.63, 3.8) is 0 Å². The average Bonchev–Trinajstić information content (AvgIpc) is 2.58. The Kier molecular flexibility index (Phi) is 4.87. The van der Waals surface area contributed by atoms with Gasteiger partial charge in [0.25, 0.3) is 0 Å². The molecule has 0 unspecified atom stereocenters. The van der Waals surface area contributed by atoms with Gasteiger partial charge >= 0.3 is 0 Å². The van der Waals surface area contributed by atoms with Gasteiger partial charge in [-0.3, -0.25) is 4.90 Å². The van der Waals surface area contributed by atoms with Gasteiger partial charge in [0.05, 0.1) is 11.6 Å². The molecule has 112 valence electrons. The van der Waals surface area contributed by atoms with Gasteiger partial charge in [0.2, 0.25) is 0 Å². The normalized spacial score (nSPS) is 22.6. The molecule has 1 aromatic carbocycles. The monoisotopic (exact) mass is 285 g/mol. The predicted octanol–water partition coefficient (Wildman–Crippen LogP) is 1.93. The Morgan fingerprint density at radius 2 is 1.81 bits per heavy atom. The van der Waals surface area contributed by atoms with E-state index in [1.165, 1.54) is 5.56 Å². The summed E-state index contributed by atoms with van der Waals surface area (Å²) in [6.07, 6.45) is 2.27. The molecule has 0 radical (unpaired) electrons. The molecule has 21 heavy (non-hydrogen) atoms. The van der Waals surface area contributed by atoms with Gasteiger partial charge in [0.1, 0.15) is 0 Å². The fraction of sp³-hybridized carbons (Fsp3) is 0.588. The molecule has 4 heteroatoms. The zero-order chi connectivity index (χ0) is 14.5. The number of rotatable bonds is 3. The fourth-order valence-electron chi connectivity index (χ4n) is 3.53. The first-order valence-corrected chi connectivity index (χ1v) is 7.91. The number of nitrogens with zero attached hydrogens (tertiary/aromatic N) is 2.